The second-order valence-electron chi connectivity index (χ2n) is 13.9. The molecule has 14 heteroatoms. The van der Waals surface area contributed by atoms with Crippen LogP contribution in [0.5, 0.6) is 5.75 Å². The van der Waals surface area contributed by atoms with Gasteiger partial charge in [0.1, 0.15) is 44.0 Å². The van der Waals surface area contributed by atoms with Crippen LogP contribution in [0.2, 0.25) is 10.0 Å². The molecule has 12 nitrogen and oxygen atoms in total. The quantitative estimate of drug-likeness (QED) is 0.132. The Balaban J connectivity index is 0.911. The van der Waals surface area contributed by atoms with Gasteiger partial charge in [-0.05, 0) is 86.3 Å². The van der Waals surface area contributed by atoms with Gasteiger partial charge in [-0.15, -0.1) is 0 Å². The van der Waals surface area contributed by atoms with Crippen LogP contribution in [0.25, 0.3) is 5.69 Å². The molecule has 1 unspecified atom stereocenters. The second kappa shape index (κ2) is 15.7. The zero-order valence-electron chi connectivity index (χ0n) is 29.6. The summed E-state index contributed by atoms with van der Waals surface area (Å²) in [4.78, 5) is 21.9. The molecule has 3 atom stereocenters. The zero-order chi connectivity index (χ0) is 36.2. The molecule has 4 heterocycles. The van der Waals surface area contributed by atoms with Gasteiger partial charge in [-0.1, -0.05) is 43.1 Å². The Morgan fingerprint density at radius 2 is 1.54 bits per heavy atom. The van der Waals surface area contributed by atoms with Crippen LogP contribution in [0.15, 0.2) is 90.5 Å². The van der Waals surface area contributed by atoms with E-state index in [0.717, 1.165) is 61.8 Å². The van der Waals surface area contributed by atoms with Gasteiger partial charge in [0.15, 0.2) is 0 Å². The smallest absolute Gasteiger partial charge is 0.350 e. The molecule has 0 N–H and O–H groups in total. The molecule has 52 heavy (non-hydrogen) atoms. The van der Waals surface area contributed by atoms with Crippen molar-refractivity contribution >= 4 is 34.6 Å². The first-order valence-corrected chi connectivity index (χ1v) is 18.5. The van der Waals surface area contributed by atoms with Crippen LogP contribution in [0.3, 0.4) is 0 Å². The maximum Gasteiger partial charge on any atom is 0.350 e. The maximum absolute atomic E-state index is 13.1. The minimum absolute atomic E-state index is 0.0667. The predicted molar refractivity (Wildman–Crippen MR) is 202 cm³/mol. The molecule has 2 aliphatic rings. The monoisotopic (exact) mass is 746 g/mol. The Kier molecular flexibility index (Phi) is 10.9. The number of aromatic nitrogens is 6. The fourth-order valence-corrected chi connectivity index (χ4v) is 7.32. The lowest BCUT2D eigenvalue weighted by Crippen LogP contribution is -2.46. The van der Waals surface area contributed by atoms with Crippen LogP contribution in [0.1, 0.15) is 45.2 Å². The van der Waals surface area contributed by atoms with E-state index in [0.29, 0.717) is 34.7 Å². The van der Waals surface area contributed by atoms with Crippen LogP contribution in [-0.4, -0.2) is 74.6 Å². The fraction of sp³-hybridized carbons (Fsp3) is 0.421. The van der Waals surface area contributed by atoms with E-state index in [9.17, 15) is 4.79 Å². The number of rotatable bonds is 13. The summed E-state index contributed by atoms with van der Waals surface area (Å²) < 4.78 is 23.8. The van der Waals surface area contributed by atoms with Gasteiger partial charge in [0.2, 0.25) is 5.79 Å². The van der Waals surface area contributed by atoms with Gasteiger partial charge in [-0.3, -0.25) is 0 Å². The average molecular weight is 748 g/mol. The lowest BCUT2D eigenvalue weighted by molar-refractivity contribution is -0.190. The number of hydrogen-bond donors (Lipinski definition) is 0. The molecule has 274 valence electrons. The van der Waals surface area contributed by atoms with E-state index in [4.69, 9.17) is 37.4 Å². The first kappa shape index (κ1) is 36.0. The highest BCUT2D eigenvalue weighted by Crippen LogP contribution is 2.40. The molecule has 2 saturated heterocycles. The van der Waals surface area contributed by atoms with Crippen molar-refractivity contribution in [2.75, 3.05) is 49.2 Å². The standard InChI is InChI=1S/C38H44Cl2N8O4/c1-27(2)4-5-28(3)48-37(49)47(26-43-48)32-9-7-30(8-10-32)44-16-18-45(19-17-44)31-11-13-33(14-12-31)50-21-34-22-51-38(52-34,23-46-25-41-24-42-46)35-15-6-29(39)20-36(35)40/h6-15,20,24-28,34H,4-5,16-19,21-23H2,1-3H3/t28?,34-,38-/m0/s1. The Morgan fingerprint density at radius 1 is 0.865 bits per heavy atom. The Morgan fingerprint density at radius 3 is 2.17 bits per heavy atom. The van der Waals surface area contributed by atoms with Crippen LogP contribution < -0.4 is 20.2 Å². The molecular weight excluding hydrogens is 703 g/mol. The highest BCUT2D eigenvalue weighted by atomic mass is 35.5. The van der Waals surface area contributed by atoms with Crippen molar-refractivity contribution in [2.45, 2.75) is 58.1 Å². The molecule has 3 aromatic carbocycles. The van der Waals surface area contributed by atoms with Crippen LogP contribution in [0.4, 0.5) is 11.4 Å². The fourth-order valence-electron chi connectivity index (χ4n) is 6.76. The number of benzene rings is 3. The molecule has 2 aromatic heterocycles. The number of ether oxygens (including phenoxy) is 3. The van der Waals surface area contributed by atoms with E-state index in [1.807, 2.05) is 30.3 Å². The molecule has 2 aliphatic heterocycles. The highest BCUT2D eigenvalue weighted by molar-refractivity contribution is 6.35. The Bertz CT molecular complexity index is 1980. The Hall–Kier alpha value is -4.36. The third-order valence-corrected chi connectivity index (χ3v) is 10.3. The third-order valence-electron chi connectivity index (χ3n) is 9.72. The number of piperazine rings is 1. The molecule has 0 spiro atoms. The summed E-state index contributed by atoms with van der Waals surface area (Å²) in [5.74, 6) is 0.184. The molecule has 0 saturated carbocycles. The lowest BCUT2D eigenvalue weighted by atomic mass is 10.0. The predicted octanol–water partition coefficient (Wildman–Crippen LogP) is 6.60. The van der Waals surface area contributed by atoms with E-state index in [-0.39, 0.29) is 24.4 Å². The van der Waals surface area contributed by atoms with Gasteiger partial charge in [-0.2, -0.15) is 10.2 Å². The van der Waals surface area contributed by atoms with Gasteiger partial charge >= 0.3 is 5.69 Å². The van der Waals surface area contributed by atoms with E-state index in [1.165, 1.54) is 6.33 Å². The minimum atomic E-state index is -1.16. The number of nitrogens with zero attached hydrogens (tertiary/aromatic N) is 8. The summed E-state index contributed by atoms with van der Waals surface area (Å²) in [5, 5.41) is 9.62. The summed E-state index contributed by atoms with van der Waals surface area (Å²) in [6, 6.07) is 21.7. The van der Waals surface area contributed by atoms with Gasteiger partial charge < -0.3 is 24.0 Å². The number of anilines is 2. The van der Waals surface area contributed by atoms with Gasteiger partial charge in [0, 0.05) is 48.1 Å². The topological polar surface area (TPSA) is 105 Å². The SMILES string of the molecule is CC(C)CCC(C)n1ncn(-c2ccc(N3CCN(c4ccc(OC[C@H]5CO[C@](Cn6cncn6)(c6ccc(Cl)cc6Cl)O5)cc4)CC3)cc2)c1=O. The molecule has 0 bridgehead atoms. The third kappa shape index (κ3) is 8.00. The van der Waals surface area contributed by atoms with Gasteiger partial charge in [0.05, 0.1) is 23.4 Å². The van der Waals surface area contributed by atoms with E-state index in [1.54, 1.807) is 38.7 Å². The first-order chi connectivity index (χ1) is 25.2. The normalized spacial score (nSPS) is 19.8. The van der Waals surface area contributed by atoms with Gasteiger partial charge in [0.25, 0.3) is 0 Å². The lowest BCUT2D eigenvalue weighted by Gasteiger charge is -2.37. The minimum Gasteiger partial charge on any atom is -0.491 e. The molecule has 0 aliphatic carbocycles. The molecule has 0 radical (unpaired) electrons. The number of hydrogen-bond acceptors (Lipinski definition) is 9. The zero-order valence-corrected chi connectivity index (χ0v) is 31.2. The van der Waals surface area contributed by atoms with Crippen LogP contribution in [0, 0.1) is 5.92 Å². The summed E-state index contributed by atoms with van der Waals surface area (Å²) in [6.07, 6.45) is 6.36. The van der Waals surface area contributed by atoms with Crippen molar-refractivity contribution in [1.82, 2.24) is 29.1 Å². The van der Waals surface area contributed by atoms with E-state index >= 15 is 0 Å². The van der Waals surface area contributed by atoms with Crippen LogP contribution in [-0.2, 0) is 21.8 Å². The molecule has 2 fully saturated rings. The van der Waals surface area contributed by atoms with Crippen molar-refractivity contribution in [3.63, 3.8) is 0 Å². The summed E-state index contributed by atoms with van der Waals surface area (Å²) >= 11 is 12.8. The Labute approximate surface area is 313 Å². The summed E-state index contributed by atoms with van der Waals surface area (Å²) in [7, 11) is 0. The molecule has 5 aromatic rings. The van der Waals surface area contributed by atoms with E-state index in [2.05, 4.69) is 70.0 Å². The molecular formula is C38H44Cl2N8O4. The summed E-state index contributed by atoms with van der Waals surface area (Å²) in [5.41, 5.74) is 3.67. The van der Waals surface area contributed by atoms with Crippen LogP contribution >= 0.6 is 23.2 Å². The van der Waals surface area contributed by atoms with Crippen molar-refractivity contribution in [1.29, 1.82) is 0 Å². The van der Waals surface area contributed by atoms with Crippen molar-refractivity contribution in [2.24, 2.45) is 5.92 Å². The summed E-state index contributed by atoms with van der Waals surface area (Å²) in [6.45, 7) is 10.9. The van der Waals surface area contributed by atoms with Crippen molar-refractivity contribution in [3.05, 3.63) is 112 Å². The largest absolute Gasteiger partial charge is 0.491 e. The average Bonchev–Trinajstić information content (AvgIpc) is 3.91. The van der Waals surface area contributed by atoms with Crippen molar-refractivity contribution in [3.8, 4) is 11.4 Å². The second-order valence-corrected chi connectivity index (χ2v) is 14.7. The number of halogens is 2. The van der Waals surface area contributed by atoms with Crippen molar-refractivity contribution < 1.29 is 14.2 Å². The highest BCUT2D eigenvalue weighted by Gasteiger charge is 2.45. The maximum atomic E-state index is 13.1. The molecule has 7 rings (SSSR count). The first-order valence-electron chi connectivity index (χ1n) is 17.8. The molecule has 0 amide bonds. The van der Waals surface area contributed by atoms with E-state index < -0.39 is 5.79 Å². The van der Waals surface area contributed by atoms with Gasteiger partial charge in [-0.25, -0.2) is 23.7 Å².